The van der Waals surface area contributed by atoms with Crippen LogP contribution in [0.1, 0.15) is 31.9 Å². The molecular formula is C15H23NO2. The Morgan fingerprint density at radius 2 is 2.11 bits per heavy atom. The Balaban J connectivity index is 2.04. The van der Waals surface area contributed by atoms with E-state index in [1.54, 1.807) is 0 Å². The van der Waals surface area contributed by atoms with Gasteiger partial charge in [0, 0.05) is 5.56 Å². The average molecular weight is 249 g/mol. The molecule has 18 heavy (non-hydrogen) atoms. The van der Waals surface area contributed by atoms with E-state index in [1.807, 2.05) is 24.3 Å². The second-order valence-electron chi connectivity index (χ2n) is 5.52. The third kappa shape index (κ3) is 2.85. The van der Waals surface area contributed by atoms with Crippen LogP contribution in [0.3, 0.4) is 0 Å². The lowest BCUT2D eigenvalue weighted by Gasteiger charge is -2.36. The topological polar surface area (TPSA) is 32.7 Å². The van der Waals surface area contributed by atoms with Gasteiger partial charge in [0.05, 0.1) is 6.04 Å². The van der Waals surface area contributed by atoms with Gasteiger partial charge >= 0.3 is 0 Å². The lowest BCUT2D eigenvalue weighted by atomic mass is 9.98. The van der Waals surface area contributed by atoms with Crippen molar-refractivity contribution in [3.8, 4) is 5.75 Å². The molecule has 1 aliphatic heterocycles. The lowest BCUT2D eigenvalue weighted by Crippen LogP contribution is -2.44. The normalized spacial score (nSPS) is 23.0. The summed E-state index contributed by atoms with van der Waals surface area (Å²) in [5.74, 6) is 1.50. The van der Waals surface area contributed by atoms with Gasteiger partial charge in [0.25, 0.3) is 0 Å². The highest BCUT2D eigenvalue weighted by Gasteiger charge is 2.31. The molecule has 1 heterocycles. The minimum atomic E-state index is -0.452. The van der Waals surface area contributed by atoms with Gasteiger partial charge in [-0.2, -0.15) is 0 Å². The zero-order valence-corrected chi connectivity index (χ0v) is 11.5. The Bertz CT molecular complexity index is 392. The van der Waals surface area contributed by atoms with E-state index in [2.05, 4.69) is 25.8 Å². The maximum atomic E-state index is 10.4. The maximum absolute atomic E-state index is 10.4. The standard InChI is InChI=1S/C15H23NO2/c1-11(2)8-9-16(3)13-10-18-14-7-5-4-6-12(14)15(13)17/h4-7,11,13,15,17H,8-10H2,1-3H3. The second-order valence-corrected chi connectivity index (χ2v) is 5.52. The van der Waals surface area contributed by atoms with Crippen LogP contribution in [0.15, 0.2) is 24.3 Å². The Kier molecular flexibility index (Phi) is 4.25. The molecule has 100 valence electrons. The van der Waals surface area contributed by atoms with Crippen molar-refractivity contribution < 1.29 is 9.84 Å². The number of nitrogens with zero attached hydrogens (tertiary/aromatic N) is 1. The molecule has 2 atom stereocenters. The van der Waals surface area contributed by atoms with E-state index in [1.165, 1.54) is 0 Å². The first-order chi connectivity index (χ1) is 8.59. The van der Waals surface area contributed by atoms with Crippen LogP contribution in [0.5, 0.6) is 5.75 Å². The van der Waals surface area contributed by atoms with E-state index >= 15 is 0 Å². The van der Waals surface area contributed by atoms with Crippen LogP contribution in [0.25, 0.3) is 0 Å². The van der Waals surface area contributed by atoms with Crippen LogP contribution in [0.2, 0.25) is 0 Å². The molecule has 0 aromatic heterocycles. The van der Waals surface area contributed by atoms with Gasteiger partial charge in [0.2, 0.25) is 0 Å². The fourth-order valence-electron chi connectivity index (χ4n) is 2.33. The molecule has 1 aromatic rings. The molecule has 1 N–H and O–H groups in total. The number of benzene rings is 1. The fourth-order valence-corrected chi connectivity index (χ4v) is 2.33. The number of aliphatic hydroxyl groups is 1. The summed E-state index contributed by atoms with van der Waals surface area (Å²) in [4.78, 5) is 2.21. The van der Waals surface area contributed by atoms with Crippen LogP contribution < -0.4 is 4.74 Å². The number of para-hydroxylation sites is 1. The zero-order valence-electron chi connectivity index (χ0n) is 11.5. The molecule has 0 aliphatic carbocycles. The predicted molar refractivity (Wildman–Crippen MR) is 72.8 cm³/mol. The largest absolute Gasteiger partial charge is 0.491 e. The average Bonchev–Trinajstić information content (AvgIpc) is 2.37. The Labute approximate surface area is 109 Å². The Morgan fingerprint density at radius 1 is 1.39 bits per heavy atom. The summed E-state index contributed by atoms with van der Waals surface area (Å²) in [6.07, 6.45) is 0.688. The van der Waals surface area contributed by atoms with Crippen molar-refractivity contribution in [2.24, 2.45) is 5.92 Å². The summed E-state index contributed by atoms with van der Waals surface area (Å²) in [5.41, 5.74) is 0.908. The van der Waals surface area contributed by atoms with Gasteiger partial charge in [-0.3, -0.25) is 4.90 Å². The van der Waals surface area contributed by atoms with Gasteiger partial charge in [0.1, 0.15) is 18.5 Å². The van der Waals surface area contributed by atoms with Gasteiger partial charge in [-0.1, -0.05) is 32.0 Å². The van der Waals surface area contributed by atoms with Crippen molar-refractivity contribution in [3.63, 3.8) is 0 Å². The highest BCUT2D eigenvalue weighted by Crippen LogP contribution is 2.33. The summed E-state index contributed by atoms with van der Waals surface area (Å²) in [7, 11) is 2.06. The first-order valence-electron chi connectivity index (χ1n) is 6.69. The zero-order chi connectivity index (χ0) is 13.1. The smallest absolute Gasteiger partial charge is 0.125 e. The molecule has 0 bridgehead atoms. The number of aliphatic hydroxyl groups excluding tert-OH is 1. The molecule has 1 aromatic carbocycles. The van der Waals surface area contributed by atoms with Gasteiger partial charge < -0.3 is 9.84 Å². The molecule has 2 rings (SSSR count). The maximum Gasteiger partial charge on any atom is 0.125 e. The van der Waals surface area contributed by atoms with E-state index in [4.69, 9.17) is 4.74 Å². The van der Waals surface area contributed by atoms with Gasteiger partial charge in [0.15, 0.2) is 0 Å². The summed E-state index contributed by atoms with van der Waals surface area (Å²) in [5, 5.41) is 10.4. The molecule has 0 fully saturated rings. The van der Waals surface area contributed by atoms with Crippen LogP contribution in [0, 0.1) is 5.92 Å². The lowest BCUT2D eigenvalue weighted by molar-refractivity contribution is 0.0136. The summed E-state index contributed by atoms with van der Waals surface area (Å²) >= 11 is 0. The van der Waals surface area contributed by atoms with Gasteiger partial charge in [-0.15, -0.1) is 0 Å². The number of rotatable bonds is 4. The third-order valence-corrected chi connectivity index (χ3v) is 3.64. The van der Waals surface area contributed by atoms with Gasteiger partial charge in [-0.05, 0) is 32.0 Å². The first-order valence-corrected chi connectivity index (χ1v) is 6.69. The molecular weight excluding hydrogens is 226 g/mol. The van der Waals surface area contributed by atoms with Crippen molar-refractivity contribution in [1.82, 2.24) is 4.90 Å². The number of fused-ring (bicyclic) bond motifs is 1. The molecule has 0 amide bonds. The fraction of sp³-hybridized carbons (Fsp3) is 0.600. The summed E-state index contributed by atoms with van der Waals surface area (Å²) < 4.78 is 5.73. The number of ether oxygens (including phenoxy) is 1. The molecule has 0 saturated heterocycles. The SMILES string of the molecule is CC(C)CCN(C)C1COc2ccccc2C1O. The van der Waals surface area contributed by atoms with Crippen LogP contribution in [-0.4, -0.2) is 36.2 Å². The van der Waals surface area contributed by atoms with Crippen LogP contribution in [-0.2, 0) is 0 Å². The molecule has 0 saturated carbocycles. The monoisotopic (exact) mass is 249 g/mol. The highest BCUT2D eigenvalue weighted by molar-refractivity contribution is 5.37. The molecule has 1 aliphatic rings. The Morgan fingerprint density at radius 3 is 2.83 bits per heavy atom. The first kappa shape index (κ1) is 13.4. The van der Waals surface area contributed by atoms with Crippen LogP contribution >= 0.6 is 0 Å². The summed E-state index contributed by atoms with van der Waals surface area (Å²) in [6, 6.07) is 7.81. The van der Waals surface area contributed by atoms with E-state index in [0.717, 1.165) is 24.3 Å². The molecule has 3 heteroatoms. The molecule has 2 unspecified atom stereocenters. The third-order valence-electron chi connectivity index (χ3n) is 3.64. The number of hydrogen-bond acceptors (Lipinski definition) is 3. The summed E-state index contributed by atoms with van der Waals surface area (Å²) in [6.45, 7) is 5.99. The van der Waals surface area contributed by atoms with Crippen molar-refractivity contribution >= 4 is 0 Å². The van der Waals surface area contributed by atoms with Crippen molar-refractivity contribution in [2.75, 3.05) is 20.2 Å². The Hall–Kier alpha value is -1.06. The molecule has 3 nitrogen and oxygen atoms in total. The van der Waals surface area contributed by atoms with Crippen molar-refractivity contribution in [2.45, 2.75) is 32.4 Å². The molecule has 0 radical (unpaired) electrons. The minimum absolute atomic E-state index is 0.0543. The van der Waals surface area contributed by atoms with Crippen molar-refractivity contribution in [1.29, 1.82) is 0 Å². The van der Waals surface area contributed by atoms with Crippen molar-refractivity contribution in [3.05, 3.63) is 29.8 Å². The second kappa shape index (κ2) is 5.72. The van der Waals surface area contributed by atoms with Gasteiger partial charge in [-0.25, -0.2) is 0 Å². The van der Waals surface area contributed by atoms with E-state index in [0.29, 0.717) is 12.5 Å². The predicted octanol–water partition coefficient (Wildman–Crippen LogP) is 2.46. The number of hydrogen-bond donors (Lipinski definition) is 1. The van der Waals surface area contributed by atoms with E-state index in [9.17, 15) is 5.11 Å². The quantitative estimate of drug-likeness (QED) is 0.889. The van der Waals surface area contributed by atoms with E-state index < -0.39 is 6.10 Å². The highest BCUT2D eigenvalue weighted by atomic mass is 16.5. The van der Waals surface area contributed by atoms with Crippen LogP contribution in [0.4, 0.5) is 0 Å². The molecule has 0 spiro atoms. The van der Waals surface area contributed by atoms with E-state index in [-0.39, 0.29) is 6.04 Å². The number of likely N-dealkylation sites (N-methyl/N-ethyl adjacent to an activating group) is 1. The minimum Gasteiger partial charge on any atom is -0.491 e.